The Hall–Kier alpha value is -1.07. The summed E-state index contributed by atoms with van der Waals surface area (Å²) in [6, 6.07) is 4.90. The molecular weight excluding hydrogens is 250 g/mol. The highest BCUT2D eigenvalue weighted by Crippen LogP contribution is 2.32. The standard InChI is InChI=1S/C13H21NO3S/c1-9-8-10(17-4)6-7-11(9)12(14)13(2,3)18(5,15)16/h6-8,12H,14H2,1-5H3. The van der Waals surface area contributed by atoms with Crippen molar-refractivity contribution >= 4 is 9.84 Å². The molecule has 1 rings (SSSR count). The van der Waals surface area contributed by atoms with Crippen molar-refractivity contribution in [3.63, 3.8) is 0 Å². The third-order valence-corrected chi connectivity index (χ3v) is 5.68. The Bertz CT molecular complexity index is 535. The van der Waals surface area contributed by atoms with Gasteiger partial charge in [-0.2, -0.15) is 0 Å². The predicted octanol–water partition coefficient (Wildman–Crippen LogP) is 1.83. The van der Waals surface area contributed by atoms with E-state index < -0.39 is 20.6 Å². The highest BCUT2D eigenvalue weighted by Gasteiger charge is 2.38. The van der Waals surface area contributed by atoms with Crippen LogP contribution in [0, 0.1) is 6.92 Å². The van der Waals surface area contributed by atoms with Crippen LogP contribution in [0.25, 0.3) is 0 Å². The number of aryl methyl sites for hydroxylation is 1. The van der Waals surface area contributed by atoms with E-state index in [1.54, 1.807) is 27.0 Å². The molecule has 0 aromatic heterocycles. The Labute approximate surface area is 109 Å². The van der Waals surface area contributed by atoms with Crippen molar-refractivity contribution in [2.45, 2.75) is 31.6 Å². The summed E-state index contributed by atoms with van der Waals surface area (Å²) >= 11 is 0. The van der Waals surface area contributed by atoms with Crippen LogP contribution in [0.3, 0.4) is 0 Å². The molecule has 1 unspecified atom stereocenters. The largest absolute Gasteiger partial charge is 0.497 e. The van der Waals surface area contributed by atoms with Crippen LogP contribution in [-0.2, 0) is 9.84 Å². The number of benzene rings is 1. The third-order valence-electron chi connectivity index (χ3n) is 3.52. The summed E-state index contributed by atoms with van der Waals surface area (Å²) in [6.45, 7) is 5.20. The summed E-state index contributed by atoms with van der Waals surface area (Å²) in [5, 5.41) is 0. The normalized spacial score (nSPS) is 14.3. The maximum Gasteiger partial charge on any atom is 0.154 e. The monoisotopic (exact) mass is 271 g/mol. The Balaban J connectivity index is 3.24. The molecule has 1 aromatic rings. The molecule has 1 aromatic carbocycles. The second kappa shape index (κ2) is 4.90. The number of methoxy groups -OCH3 is 1. The Morgan fingerprint density at radius 2 is 1.89 bits per heavy atom. The van der Waals surface area contributed by atoms with Gasteiger partial charge in [-0.1, -0.05) is 6.07 Å². The van der Waals surface area contributed by atoms with Gasteiger partial charge in [-0.15, -0.1) is 0 Å². The number of nitrogens with two attached hydrogens (primary N) is 1. The number of hydrogen-bond donors (Lipinski definition) is 1. The molecule has 0 heterocycles. The highest BCUT2D eigenvalue weighted by molar-refractivity contribution is 7.92. The molecule has 0 aliphatic heterocycles. The van der Waals surface area contributed by atoms with Gasteiger partial charge in [-0.3, -0.25) is 0 Å². The van der Waals surface area contributed by atoms with Crippen LogP contribution >= 0.6 is 0 Å². The average molecular weight is 271 g/mol. The van der Waals surface area contributed by atoms with Gasteiger partial charge in [0.2, 0.25) is 0 Å². The lowest BCUT2D eigenvalue weighted by Crippen LogP contribution is -2.42. The summed E-state index contributed by atoms with van der Waals surface area (Å²) in [5.74, 6) is 0.737. The molecule has 0 fully saturated rings. The van der Waals surface area contributed by atoms with Crippen LogP contribution in [0.5, 0.6) is 5.75 Å². The highest BCUT2D eigenvalue weighted by atomic mass is 32.2. The molecule has 0 saturated carbocycles. The smallest absolute Gasteiger partial charge is 0.154 e. The fourth-order valence-electron chi connectivity index (χ4n) is 1.73. The second-order valence-electron chi connectivity index (χ2n) is 5.08. The lowest BCUT2D eigenvalue weighted by Gasteiger charge is -2.31. The summed E-state index contributed by atoms with van der Waals surface area (Å²) in [4.78, 5) is 0. The minimum absolute atomic E-state index is 0.571. The molecule has 0 aliphatic carbocycles. The molecule has 2 N–H and O–H groups in total. The van der Waals surface area contributed by atoms with Gasteiger partial charge >= 0.3 is 0 Å². The summed E-state index contributed by atoms with van der Waals surface area (Å²) in [5.41, 5.74) is 7.89. The van der Waals surface area contributed by atoms with Crippen molar-refractivity contribution in [3.05, 3.63) is 29.3 Å². The van der Waals surface area contributed by atoms with Gasteiger partial charge in [0, 0.05) is 12.3 Å². The first kappa shape index (κ1) is 15.0. The number of hydrogen-bond acceptors (Lipinski definition) is 4. The van der Waals surface area contributed by atoms with Gasteiger partial charge in [-0.05, 0) is 44.0 Å². The Morgan fingerprint density at radius 3 is 2.28 bits per heavy atom. The molecule has 0 aliphatic rings. The first-order chi connectivity index (χ1) is 8.11. The Morgan fingerprint density at radius 1 is 1.33 bits per heavy atom. The molecule has 0 amide bonds. The van der Waals surface area contributed by atoms with Crippen LogP contribution in [0.15, 0.2) is 18.2 Å². The zero-order valence-corrected chi connectivity index (χ0v) is 12.3. The molecular formula is C13H21NO3S. The van der Waals surface area contributed by atoms with Crippen LogP contribution in [0.1, 0.15) is 31.0 Å². The van der Waals surface area contributed by atoms with E-state index in [2.05, 4.69) is 0 Å². The van der Waals surface area contributed by atoms with Crippen LogP contribution in [0.4, 0.5) is 0 Å². The van der Waals surface area contributed by atoms with Crippen molar-refractivity contribution < 1.29 is 13.2 Å². The van der Waals surface area contributed by atoms with Crippen LogP contribution in [0.2, 0.25) is 0 Å². The lowest BCUT2D eigenvalue weighted by atomic mass is 9.92. The van der Waals surface area contributed by atoms with Crippen molar-refractivity contribution in [2.24, 2.45) is 5.73 Å². The van der Waals surface area contributed by atoms with E-state index in [1.165, 1.54) is 6.26 Å². The maximum absolute atomic E-state index is 11.8. The van der Waals surface area contributed by atoms with Gasteiger partial charge in [0.1, 0.15) is 5.75 Å². The molecule has 5 heteroatoms. The molecule has 0 radical (unpaired) electrons. The molecule has 18 heavy (non-hydrogen) atoms. The van der Waals surface area contributed by atoms with Gasteiger partial charge in [0.25, 0.3) is 0 Å². The zero-order chi connectivity index (χ0) is 14.1. The fourth-order valence-corrected chi connectivity index (χ4v) is 2.32. The zero-order valence-electron chi connectivity index (χ0n) is 11.5. The molecule has 102 valence electrons. The maximum atomic E-state index is 11.8. The van der Waals surface area contributed by atoms with E-state index in [-0.39, 0.29) is 0 Å². The van der Waals surface area contributed by atoms with E-state index in [0.717, 1.165) is 16.9 Å². The van der Waals surface area contributed by atoms with Gasteiger partial charge in [0.05, 0.1) is 11.9 Å². The lowest BCUT2D eigenvalue weighted by molar-refractivity contribution is 0.413. The molecule has 0 saturated heterocycles. The first-order valence-electron chi connectivity index (χ1n) is 5.71. The first-order valence-corrected chi connectivity index (χ1v) is 7.60. The van der Waals surface area contributed by atoms with E-state index >= 15 is 0 Å². The SMILES string of the molecule is COc1ccc(C(N)C(C)(C)S(C)(=O)=O)c(C)c1. The van der Waals surface area contributed by atoms with Crippen molar-refractivity contribution in [1.29, 1.82) is 0 Å². The average Bonchev–Trinajstić information content (AvgIpc) is 2.26. The molecule has 4 nitrogen and oxygen atoms in total. The molecule has 0 bridgehead atoms. The fraction of sp³-hybridized carbons (Fsp3) is 0.538. The molecule has 0 spiro atoms. The second-order valence-corrected chi connectivity index (χ2v) is 7.67. The van der Waals surface area contributed by atoms with E-state index in [0.29, 0.717) is 0 Å². The van der Waals surface area contributed by atoms with E-state index in [4.69, 9.17) is 10.5 Å². The Kier molecular flexibility index (Phi) is 4.08. The van der Waals surface area contributed by atoms with Gasteiger partial charge in [-0.25, -0.2) is 8.42 Å². The topological polar surface area (TPSA) is 69.4 Å². The number of ether oxygens (including phenoxy) is 1. The summed E-state index contributed by atoms with van der Waals surface area (Å²) in [6.07, 6.45) is 1.21. The van der Waals surface area contributed by atoms with E-state index in [9.17, 15) is 8.42 Å². The van der Waals surface area contributed by atoms with Crippen molar-refractivity contribution in [1.82, 2.24) is 0 Å². The number of sulfone groups is 1. The summed E-state index contributed by atoms with van der Waals surface area (Å²) in [7, 11) is -1.65. The predicted molar refractivity (Wildman–Crippen MR) is 73.6 cm³/mol. The molecule has 1 atom stereocenters. The van der Waals surface area contributed by atoms with E-state index in [1.807, 2.05) is 19.1 Å². The van der Waals surface area contributed by atoms with Gasteiger partial charge < -0.3 is 10.5 Å². The third kappa shape index (κ3) is 2.67. The van der Waals surface area contributed by atoms with Crippen molar-refractivity contribution in [2.75, 3.05) is 13.4 Å². The van der Waals surface area contributed by atoms with Crippen molar-refractivity contribution in [3.8, 4) is 5.75 Å². The number of rotatable bonds is 4. The quantitative estimate of drug-likeness (QED) is 0.907. The minimum Gasteiger partial charge on any atom is -0.497 e. The van der Waals surface area contributed by atoms with Crippen LogP contribution < -0.4 is 10.5 Å². The summed E-state index contributed by atoms with van der Waals surface area (Å²) < 4.78 is 27.7. The van der Waals surface area contributed by atoms with Gasteiger partial charge in [0.15, 0.2) is 9.84 Å². The van der Waals surface area contributed by atoms with Crippen LogP contribution in [-0.4, -0.2) is 26.5 Å². The minimum atomic E-state index is -3.24.